The van der Waals surface area contributed by atoms with Gasteiger partial charge in [-0.05, 0) is 9.91 Å². The second kappa shape index (κ2) is 7.04. The maximum absolute atomic E-state index is 13.8. The summed E-state index contributed by atoms with van der Waals surface area (Å²) in [4.78, 5) is 28.5. The fourth-order valence-corrected chi connectivity index (χ4v) is 2.03. The number of pyridine rings is 2. The minimum Gasteiger partial charge on any atom is -0.448 e. The molecule has 0 atom stereocenters. The highest BCUT2D eigenvalue weighted by Crippen LogP contribution is 2.39. The van der Waals surface area contributed by atoms with E-state index in [1.54, 1.807) is 0 Å². The van der Waals surface area contributed by atoms with Crippen LogP contribution in [0, 0.1) is 15.9 Å². The van der Waals surface area contributed by atoms with Gasteiger partial charge < -0.3 is 25.5 Å². The Morgan fingerprint density at radius 2 is 2.08 bits per heavy atom. The van der Waals surface area contributed by atoms with Crippen molar-refractivity contribution in [1.29, 1.82) is 0 Å². The van der Waals surface area contributed by atoms with Gasteiger partial charge >= 0.3 is 5.82 Å². The van der Waals surface area contributed by atoms with Gasteiger partial charge in [0.1, 0.15) is 10.8 Å². The third-order valence-corrected chi connectivity index (χ3v) is 3.11. The molecular weight excluding hydrogens is 345 g/mol. The van der Waals surface area contributed by atoms with Crippen LogP contribution in [0.5, 0.6) is 11.5 Å². The third kappa shape index (κ3) is 3.66. The van der Waals surface area contributed by atoms with E-state index in [2.05, 4.69) is 20.6 Å². The van der Waals surface area contributed by atoms with E-state index in [4.69, 9.17) is 16.3 Å². The number of anilines is 2. The molecule has 0 fully saturated rings. The summed E-state index contributed by atoms with van der Waals surface area (Å²) in [5.74, 6) is -2.03. The summed E-state index contributed by atoms with van der Waals surface area (Å²) >= 11 is 6.04. The van der Waals surface area contributed by atoms with Gasteiger partial charge in [0.05, 0.1) is 6.20 Å². The predicted molar refractivity (Wildman–Crippen MR) is 84.0 cm³/mol. The van der Waals surface area contributed by atoms with Crippen LogP contribution in [-0.2, 0) is 4.79 Å². The summed E-state index contributed by atoms with van der Waals surface area (Å²) in [6.07, 6.45) is 1.85. The predicted octanol–water partition coefficient (Wildman–Crippen LogP) is 2.97. The number of rotatable bonds is 5. The number of carbonyl (C=O) groups excluding carboxylic acids is 1. The molecule has 11 heteroatoms. The van der Waals surface area contributed by atoms with E-state index in [-0.39, 0.29) is 28.0 Å². The maximum atomic E-state index is 13.8. The Morgan fingerprint density at radius 3 is 2.67 bits per heavy atom. The largest absolute Gasteiger partial charge is 0.448 e. The van der Waals surface area contributed by atoms with Crippen LogP contribution in [0.3, 0.4) is 0 Å². The summed E-state index contributed by atoms with van der Waals surface area (Å²) in [5.41, 5.74) is -0.0734. The molecule has 1 amide bonds. The second-order valence-corrected chi connectivity index (χ2v) is 4.80. The lowest BCUT2D eigenvalue weighted by atomic mass is 10.3. The SMILES string of the molecule is CNc1c([N+](=O)[O-])ncc(Oc2cc(NC(C)=O)ncc2F)c1Cl. The number of amides is 1. The number of nitrogens with zero attached hydrogens (tertiary/aromatic N) is 3. The van der Waals surface area contributed by atoms with Gasteiger partial charge in [-0.2, -0.15) is 0 Å². The molecule has 0 bridgehead atoms. The van der Waals surface area contributed by atoms with Crippen LogP contribution in [0.4, 0.5) is 21.7 Å². The lowest BCUT2D eigenvalue weighted by molar-refractivity contribution is -0.388. The Labute approximate surface area is 140 Å². The molecule has 2 aromatic heterocycles. The number of aromatic nitrogens is 2. The Hall–Kier alpha value is -3.01. The lowest BCUT2D eigenvalue weighted by Gasteiger charge is -2.11. The molecule has 24 heavy (non-hydrogen) atoms. The van der Waals surface area contributed by atoms with Crippen LogP contribution < -0.4 is 15.4 Å². The standard InChI is InChI=1S/C13H11ClFN5O4/c1-6(21)19-10-3-8(7(15)4-17-10)24-9-5-18-13(20(22)23)12(16-2)11(9)14/h3-5,16H,1-2H3,(H,17,19,21). The lowest BCUT2D eigenvalue weighted by Crippen LogP contribution is -2.08. The zero-order chi connectivity index (χ0) is 17.9. The molecule has 0 saturated heterocycles. The van der Waals surface area contributed by atoms with Crippen LogP contribution in [0.2, 0.25) is 5.02 Å². The minimum atomic E-state index is -0.815. The van der Waals surface area contributed by atoms with Crippen molar-refractivity contribution in [2.45, 2.75) is 6.92 Å². The smallest absolute Gasteiger partial charge is 0.388 e. The number of hydrogen-bond donors (Lipinski definition) is 2. The maximum Gasteiger partial charge on any atom is 0.388 e. The van der Waals surface area contributed by atoms with Gasteiger partial charge in [-0.15, -0.1) is 0 Å². The van der Waals surface area contributed by atoms with Crippen LogP contribution in [0.25, 0.3) is 0 Å². The number of nitro groups is 1. The van der Waals surface area contributed by atoms with Gasteiger partial charge in [0, 0.05) is 20.0 Å². The normalized spacial score (nSPS) is 10.2. The summed E-state index contributed by atoms with van der Waals surface area (Å²) in [7, 11) is 1.42. The molecule has 0 unspecified atom stereocenters. The zero-order valence-corrected chi connectivity index (χ0v) is 13.2. The summed E-state index contributed by atoms with van der Waals surface area (Å²) < 4.78 is 19.1. The average molecular weight is 356 g/mol. The number of halogens is 2. The Kier molecular flexibility index (Phi) is 5.09. The van der Waals surface area contributed by atoms with Gasteiger partial charge in [0.2, 0.25) is 5.91 Å². The first-order valence-corrected chi connectivity index (χ1v) is 6.83. The van der Waals surface area contributed by atoms with E-state index in [0.717, 1.165) is 18.5 Å². The van der Waals surface area contributed by atoms with Crippen molar-refractivity contribution in [2.24, 2.45) is 0 Å². The number of hydrogen-bond acceptors (Lipinski definition) is 7. The summed E-state index contributed by atoms with van der Waals surface area (Å²) in [6, 6.07) is 1.15. The third-order valence-electron chi connectivity index (χ3n) is 2.73. The Balaban J connectivity index is 2.41. The van der Waals surface area contributed by atoms with Crippen molar-refractivity contribution >= 4 is 34.8 Å². The van der Waals surface area contributed by atoms with Crippen LogP contribution in [-0.4, -0.2) is 27.8 Å². The first-order chi connectivity index (χ1) is 11.3. The van der Waals surface area contributed by atoms with Crippen molar-refractivity contribution in [3.8, 4) is 11.5 Å². The van der Waals surface area contributed by atoms with E-state index in [9.17, 15) is 19.3 Å². The van der Waals surface area contributed by atoms with E-state index < -0.39 is 22.5 Å². The molecule has 126 valence electrons. The van der Waals surface area contributed by atoms with Crippen molar-refractivity contribution < 1.29 is 18.8 Å². The van der Waals surface area contributed by atoms with Crippen LogP contribution in [0.1, 0.15) is 6.92 Å². The second-order valence-electron chi connectivity index (χ2n) is 4.43. The first-order valence-electron chi connectivity index (χ1n) is 6.45. The van der Waals surface area contributed by atoms with Crippen molar-refractivity contribution in [1.82, 2.24) is 9.97 Å². The number of nitrogens with one attached hydrogen (secondary N) is 2. The summed E-state index contributed by atoms with van der Waals surface area (Å²) in [5, 5.41) is 15.7. The molecule has 2 heterocycles. The number of carbonyl (C=O) groups is 1. The molecule has 0 aliphatic rings. The van der Waals surface area contributed by atoms with E-state index >= 15 is 0 Å². The van der Waals surface area contributed by atoms with Crippen LogP contribution in [0.15, 0.2) is 18.5 Å². The molecular formula is C13H11ClFN5O4. The Morgan fingerprint density at radius 1 is 1.38 bits per heavy atom. The van der Waals surface area contributed by atoms with Gasteiger partial charge in [0.15, 0.2) is 29.2 Å². The van der Waals surface area contributed by atoms with E-state index in [0.29, 0.717) is 0 Å². The molecule has 2 aromatic rings. The fraction of sp³-hybridized carbons (Fsp3) is 0.154. The van der Waals surface area contributed by atoms with Crippen molar-refractivity contribution in [2.75, 3.05) is 17.7 Å². The molecule has 0 saturated carbocycles. The molecule has 0 aliphatic carbocycles. The molecule has 0 aliphatic heterocycles. The van der Waals surface area contributed by atoms with Crippen LogP contribution >= 0.6 is 11.6 Å². The van der Waals surface area contributed by atoms with Crippen molar-refractivity contribution in [3.05, 3.63) is 39.4 Å². The Bertz CT molecular complexity index is 817. The summed E-state index contributed by atoms with van der Waals surface area (Å²) in [6.45, 7) is 1.27. The first kappa shape index (κ1) is 17.3. The zero-order valence-electron chi connectivity index (χ0n) is 12.5. The highest BCUT2D eigenvalue weighted by Gasteiger charge is 2.23. The fourth-order valence-electron chi connectivity index (χ4n) is 1.76. The van der Waals surface area contributed by atoms with Gasteiger partial charge in [0.25, 0.3) is 0 Å². The number of ether oxygens (including phenoxy) is 1. The quantitative estimate of drug-likeness (QED) is 0.625. The molecule has 2 N–H and O–H groups in total. The van der Waals surface area contributed by atoms with Gasteiger partial charge in [-0.25, -0.2) is 9.37 Å². The molecule has 0 aromatic carbocycles. The molecule has 0 radical (unpaired) electrons. The molecule has 9 nitrogen and oxygen atoms in total. The molecule has 2 rings (SSSR count). The highest BCUT2D eigenvalue weighted by atomic mass is 35.5. The van der Waals surface area contributed by atoms with Crippen molar-refractivity contribution in [3.63, 3.8) is 0 Å². The van der Waals surface area contributed by atoms with E-state index in [1.165, 1.54) is 14.0 Å². The average Bonchev–Trinajstić information content (AvgIpc) is 2.51. The minimum absolute atomic E-state index is 0.0683. The topological polar surface area (TPSA) is 119 Å². The molecule has 0 spiro atoms. The van der Waals surface area contributed by atoms with Gasteiger partial charge in [-0.1, -0.05) is 11.6 Å². The van der Waals surface area contributed by atoms with Gasteiger partial charge in [-0.3, -0.25) is 4.79 Å². The monoisotopic (exact) mass is 355 g/mol. The van der Waals surface area contributed by atoms with E-state index in [1.807, 2.05) is 0 Å². The highest BCUT2D eigenvalue weighted by molar-refractivity contribution is 6.35.